The Hall–Kier alpha value is -1.39. The number of hydrogen-bond acceptors (Lipinski definition) is 1. The Morgan fingerprint density at radius 1 is 1.05 bits per heavy atom. The number of halogens is 1. The number of rotatable bonds is 1. The van der Waals surface area contributed by atoms with E-state index in [9.17, 15) is 4.79 Å². The minimum atomic E-state index is -0.942. The summed E-state index contributed by atoms with van der Waals surface area (Å²) in [5.41, 5.74) is 4.44. The third-order valence-corrected chi connectivity index (χ3v) is 4.18. The molecule has 0 aliphatic heterocycles. The van der Waals surface area contributed by atoms with Gasteiger partial charge in [-0.1, -0.05) is 35.5 Å². The maximum absolute atomic E-state index is 10.6. The third-order valence-electron chi connectivity index (χ3n) is 3.10. The van der Waals surface area contributed by atoms with E-state index in [1.54, 1.807) is 18.2 Å². The second kappa shape index (κ2) is 7.41. The zero-order chi connectivity index (χ0) is 15.3. The lowest BCUT2D eigenvalue weighted by Gasteiger charge is -2.01. The van der Waals surface area contributed by atoms with Gasteiger partial charge in [0.1, 0.15) is 0 Å². The van der Waals surface area contributed by atoms with Crippen LogP contribution in [0.1, 0.15) is 27.0 Å². The van der Waals surface area contributed by atoms with Gasteiger partial charge in [0.05, 0.1) is 15.8 Å². The van der Waals surface area contributed by atoms with Gasteiger partial charge in [-0.25, -0.2) is 4.79 Å². The van der Waals surface area contributed by atoms with Crippen LogP contribution in [0.3, 0.4) is 0 Å². The van der Waals surface area contributed by atoms with E-state index in [0.29, 0.717) is 9.66 Å². The first kappa shape index (κ1) is 16.7. The Kier molecular flexibility index (Phi) is 6.17. The molecule has 0 unspecified atom stereocenters. The summed E-state index contributed by atoms with van der Waals surface area (Å²) in [6, 6.07) is 11.5. The van der Waals surface area contributed by atoms with Gasteiger partial charge in [0.2, 0.25) is 0 Å². The summed E-state index contributed by atoms with van der Waals surface area (Å²) in [5.74, 6) is -0.942. The topological polar surface area (TPSA) is 37.3 Å². The lowest BCUT2D eigenvalue weighted by Crippen LogP contribution is -2.15. The van der Waals surface area contributed by atoms with Crippen LogP contribution in [0.2, 0.25) is 0 Å². The highest BCUT2D eigenvalue weighted by Gasteiger charge is 2.09. The second-order valence-electron chi connectivity index (χ2n) is 4.48. The zero-order valence-electron chi connectivity index (χ0n) is 11.7. The molecule has 0 saturated carbocycles. The van der Waals surface area contributed by atoms with Gasteiger partial charge in [-0.2, -0.15) is 0 Å². The van der Waals surface area contributed by atoms with E-state index >= 15 is 0 Å². The highest BCUT2D eigenvalue weighted by molar-refractivity contribution is 9.10. The standard InChI is InChI=1S/C9H12.C7H4BrO2Si/c1-7-5-4-6-8(2)9(7)3;8-4-2-1-3-5(11)6(4)7(9)10/h4-6H,1-3H3;1-3H,(H,9,10). The van der Waals surface area contributed by atoms with Crippen molar-refractivity contribution in [2.45, 2.75) is 20.8 Å². The van der Waals surface area contributed by atoms with Crippen LogP contribution in [-0.2, 0) is 0 Å². The molecular formula is C16H16BrO2Si. The minimum Gasteiger partial charge on any atom is -0.478 e. The average Bonchev–Trinajstić information content (AvgIpc) is 2.36. The highest BCUT2D eigenvalue weighted by Crippen LogP contribution is 2.13. The largest absolute Gasteiger partial charge is 0.478 e. The molecule has 4 heteroatoms. The first-order valence-electron chi connectivity index (χ1n) is 6.10. The normalized spacial score (nSPS) is 9.65. The Bertz CT molecular complexity index is 583. The van der Waals surface area contributed by atoms with Gasteiger partial charge in [-0.05, 0) is 59.5 Å². The molecule has 0 amide bonds. The quantitative estimate of drug-likeness (QED) is 0.801. The lowest BCUT2D eigenvalue weighted by atomic mass is 10.1. The molecular weight excluding hydrogens is 332 g/mol. The van der Waals surface area contributed by atoms with Gasteiger partial charge in [0, 0.05) is 4.47 Å². The molecule has 2 rings (SSSR count). The number of carboxylic acids is 1. The fraction of sp³-hybridized carbons (Fsp3) is 0.188. The smallest absolute Gasteiger partial charge is 0.336 e. The summed E-state index contributed by atoms with van der Waals surface area (Å²) in [5, 5.41) is 9.26. The lowest BCUT2D eigenvalue weighted by molar-refractivity contribution is 0.0697. The predicted molar refractivity (Wildman–Crippen MR) is 87.1 cm³/mol. The summed E-state index contributed by atoms with van der Waals surface area (Å²) in [6.07, 6.45) is 0. The first-order valence-corrected chi connectivity index (χ1v) is 7.40. The average molecular weight is 348 g/mol. The van der Waals surface area contributed by atoms with E-state index in [1.165, 1.54) is 16.7 Å². The molecule has 0 bridgehead atoms. The zero-order valence-corrected chi connectivity index (χ0v) is 14.3. The molecule has 1 N–H and O–H groups in total. The molecule has 0 heterocycles. The van der Waals surface area contributed by atoms with Gasteiger partial charge in [0.15, 0.2) is 0 Å². The van der Waals surface area contributed by atoms with Crippen molar-refractivity contribution in [1.29, 1.82) is 0 Å². The fourth-order valence-corrected chi connectivity index (χ4v) is 2.70. The SMILES string of the molecule is Cc1cccc(C)c1C.O=C(O)c1c([Si])cccc1Br. The van der Waals surface area contributed by atoms with Crippen molar-refractivity contribution in [1.82, 2.24) is 0 Å². The van der Waals surface area contributed by atoms with Crippen LogP contribution in [0, 0.1) is 20.8 Å². The van der Waals surface area contributed by atoms with E-state index in [-0.39, 0.29) is 5.56 Å². The van der Waals surface area contributed by atoms with Gasteiger partial charge in [-0.3, -0.25) is 0 Å². The Morgan fingerprint density at radius 3 is 1.90 bits per heavy atom. The van der Waals surface area contributed by atoms with Crippen LogP contribution in [0.25, 0.3) is 0 Å². The molecule has 103 valence electrons. The van der Waals surface area contributed by atoms with E-state index in [0.717, 1.165) is 0 Å². The first-order chi connectivity index (χ1) is 9.34. The summed E-state index contributed by atoms with van der Waals surface area (Å²) in [4.78, 5) is 10.6. The van der Waals surface area contributed by atoms with Gasteiger partial charge in [-0.15, -0.1) is 0 Å². The van der Waals surface area contributed by atoms with Crippen molar-refractivity contribution in [2.75, 3.05) is 0 Å². The second-order valence-corrected chi connectivity index (χ2v) is 5.88. The molecule has 2 aromatic rings. The number of benzene rings is 2. The molecule has 0 spiro atoms. The van der Waals surface area contributed by atoms with Crippen LogP contribution in [0.4, 0.5) is 0 Å². The van der Waals surface area contributed by atoms with Crippen LogP contribution >= 0.6 is 15.9 Å². The van der Waals surface area contributed by atoms with E-state index in [4.69, 9.17) is 5.11 Å². The number of aryl methyl sites for hydroxylation is 2. The Labute approximate surface area is 131 Å². The van der Waals surface area contributed by atoms with Gasteiger partial charge in [0.25, 0.3) is 0 Å². The summed E-state index contributed by atoms with van der Waals surface area (Å²) in [7, 11) is 3.19. The maximum atomic E-state index is 10.6. The Balaban J connectivity index is 0.000000204. The molecule has 0 fully saturated rings. The van der Waals surface area contributed by atoms with Crippen molar-refractivity contribution in [3.63, 3.8) is 0 Å². The molecule has 20 heavy (non-hydrogen) atoms. The van der Waals surface area contributed by atoms with Crippen molar-refractivity contribution in [3.05, 3.63) is 63.1 Å². The van der Waals surface area contributed by atoms with Crippen molar-refractivity contribution in [2.24, 2.45) is 0 Å². The fourth-order valence-electron chi connectivity index (χ4n) is 1.64. The molecule has 2 aromatic carbocycles. The number of carboxylic acid groups (broad SMARTS) is 1. The molecule has 3 radical (unpaired) electrons. The number of aromatic carboxylic acids is 1. The summed E-state index contributed by atoms with van der Waals surface area (Å²) >= 11 is 3.14. The van der Waals surface area contributed by atoms with Crippen LogP contribution in [0.15, 0.2) is 40.9 Å². The Morgan fingerprint density at radius 2 is 1.55 bits per heavy atom. The minimum absolute atomic E-state index is 0.254. The predicted octanol–water partition coefficient (Wildman–Crippen LogP) is 3.55. The van der Waals surface area contributed by atoms with E-state index in [2.05, 4.69) is 65.1 Å². The molecule has 0 aliphatic rings. The molecule has 0 aromatic heterocycles. The van der Waals surface area contributed by atoms with Crippen LogP contribution < -0.4 is 5.19 Å². The summed E-state index contributed by atoms with van der Waals surface area (Å²) in [6.45, 7) is 6.44. The third kappa shape index (κ3) is 4.32. The van der Waals surface area contributed by atoms with Crippen LogP contribution in [-0.4, -0.2) is 21.3 Å². The highest BCUT2D eigenvalue weighted by atomic mass is 79.9. The van der Waals surface area contributed by atoms with Crippen molar-refractivity contribution >= 4 is 37.3 Å². The van der Waals surface area contributed by atoms with Gasteiger partial charge < -0.3 is 5.11 Å². The molecule has 0 aliphatic carbocycles. The number of hydrogen-bond donors (Lipinski definition) is 1. The van der Waals surface area contributed by atoms with Crippen molar-refractivity contribution < 1.29 is 9.90 Å². The van der Waals surface area contributed by atoms with Crippen molar-refractivity contribution in [3.8, 4) is 0 Å². The molecule has 0 atom stereocenters. The monoisotopic (exact) mass is 347 g/mol. The van der Waals surface area contributed by atoms with E-state index < -0.39 is 5.97 Å². The van der Waals surface area contributed by atoms with Gasteiger partial charge >= 0.3 is 5.97 Å². The number of carbonyl (C=O) groups is 1. The molecule has 0 saturated heterocycles. The van der Waals surface area contributed by atoms with Crippen LogP contribution in [0.5, 0.6) is 0 Å². The summed E-state index contributed by atoms with van der Waals surface area (Å²) < 4.78 is 0.581. The van der Waals surface area contributed by atoms with E-state index in [1.807, 2.05) is 0 Å². The molecule has 2 nitrogen and oxygen atoms in total. The maximum Gasteiger partial charge on any atom is 0.336 e.